The number of carbonyl (C=O) groups excluding carboxylic acids is 2. The number of halogens is 3. The fourth-order valence-corrected chi connectivity index (χ4v) is 3.62. The summed E-state index contributed by atoms with van der Waals surface area (Å²) in [4.78, 5) is 25.3. The van der Waals surface area contributed by atoms with Gasteiger partial charge in [0, 0.05) is 31.8 Å². The highest BCUT2D eigenvalue weighted by Gasteiger charge is 2.24. The quantitative estimate of drug-likeness (QED) is 0.257. The van der Waals surface area contributed by atoms with Gasteiger partial charge in [0.1, 0.15) is 18.4 Å². The standard InChI is InChI=1S/C26H24Cl3N3O3/c1-16(2)24(31-25(33)17-7-9-20(27)10-8-17)26(34)32-30-14-19-13-21(28)11-12-23(19)35-15-18-5-3-4-6-22(18)29/h3-14,16,24H,15H2,1-2H3,(H,31,33)(H,32,34). The zero-order chi connectivity index (χ0) is 25.4. The van der Waals surface area contributed by atoms with E-state index in [2.05, 4.69) is 15.8 Å². The van der Waals surface area contributed by atoms with Crippen molar-refractivity contribution in [1.82, 2.24) is 10.7 Å². The van der Waals surface area contributed by atoms with Crippen molar-refractivity contribution in [2.75, 3.05) is 0 Å². The number of nitrogens with one attached hydrogen (secondary N) is 2. The lowest BCUT2D eigenvalue weighted by molar-refractivity contribution is -0.123. The molecule has 0 aromatic heterocycles. The minimum atomic E-state index is -0.800. The Morgan fingerprint density at radius 3 is 2.34 bits per heavy atom. The molecule has 0 spiro atoms. The van der Waals surface area contributed by atoms with Gasteiger partial charge in [0.15, 0.2) is 0 Å². The Kier molecular flexibility index (Phi) is 9.55. The molecule has 0 aliphatic rings. The second-order valence-corrected chi connectivity index (χ2v) is 9.28. The molecule has 182 valence electrons. The van der Waals surface area contributed by atoms with Crippen molar-refractivity contribution in [1.29, 1.82) is 0 Å². The minimum absolute atomic E-state index is 0.179. The molecule has 3 aromatic rings. The van der Waals surface area contributed by atoms with Crippen LogP contribution in [0.5, 0.6) is 5.75 Å². The first-order valence-corrected chi connectivity index (χ1v) is 11.9. The highest BCUT2D eigenvalue weighted by Crippen LogP contribution is 2.24. The Labute approximate surface area is 219 Å². The van der Waals surface area contributed by atoms with Gasteiger partial charge in [-0.15, -0.1) is 0 Å². The minimum Gasteiger partial charge on any atom is -0.488 e. The van der Waals surface area contributed by atoms with Crippen molar-refractivity contribution < 1.29 is 14.3 Å². The SMILES string of the molecule is CC(C)C(NC(=O)c1ccc(Cl)cc1)C(=O)NN=Cc1cc(Cl)ccc1OCc1ccccc1Cl. The van der Waals surface area contributed by atoms with Gasteiger partial charge in [-0.05, 0) is 54.4 Å². The fraction of sp³-hybridized carbons (Fsp3) is 0.192. The molecule has 3 rings (SSSR count). The van der Waals surface area contributed by atoms with Crippen LogP contribution in [0.3, 0.4) is 0 Å². The van der Waals surface area contributed by atoms with Gasteiger partial charge in [-0.1, -0.05) is 66.8 Å². The van der Waals surface area contributed by atoms with E-state index in [9.17, 15) is 9.59 Å². The van der Waals surface area contributed by atoms with Crippen molar-refractivity contribution in [2.45, 2.75) is 26.5 Å². The molecule has 1 unspecified atom stereocenters. The number of hydrogen-bond donors (Lipinski definition) is 2. The third-order valence-electron chi connectivity index (χ3n) is 5.03. The number of amides is 2. The third-order valence-corrected chi connectivity index (χ3v) is 5.89. The van der Waals surface area contributed by atoms with E-state index in [4.69, 9.17) is 39.5 Å². The van der Waals surface area contributed by atoms with Gasteiger partial charge in [-0.2, -0.15) is 5.10 Å². The van der Waals surface area contributed by atoms with E-state index in [1.54, 1.807) is 48.5 Å². The Balaban J connectivity index is 1.67. The molecule has 0 bridgehead atoms. The van der Waals surface area contributed by atoms with Gasteiger partial charge < -0.3 is 10.1 Å². The summed E-state index contributed by atoms with van der Waals surface area (Å²) in [7, 11) is 0. The van der Waals surface area contributed by atoms with E-state index in [0.717, 1.165) is 5.56 Å². The number of benzene rings is 3. The lowest BCUT2D eigenvalue weighted by atomic mass is 10.0. The van der Waals surface area contributed by atoms with Crippen molar-refractivity contribution >= 4 is 52.8 Å². The molecule has 0 heterocycles. The van der Waals surface area contributed by atoms with Crippen molar-refractivity contribution in [3.8, 4) is 5.75 Å². The first kappa shape index (κ1) is 26.5. The second kappa shape index (κ2) is 12.6. The Morgan fingerprint density at radius 2 is 1.66 bits per heavy atom. The molecular formula is C26H24Cl3N3O3. The molecule has 6 nitrogen and oxygen atoms in total. The second-order valence-electron chi connectivity index (χ2n) is 8.00. The fourth-order valence-electron chi connectivity index (χ4n) is 3.12. The highest BCUT2D eigenvalue weighted by molar-refractivity contribution is 6.31. The van der Waals surface area contributed by atoms with Crippen molar-refractivity contribution in [3.63, 3.8) is 0 Å². The van der Waals surface area contributed by atoms with Gasteiger partial charge in [-0.25, -0.2) is 5.43 Å². The topological polar surface area (TPSA) is 79.8 Å². The Hall–Kier alpha value is -3.06. The Bertz CT molecular complexity index is 1210. The van der Waals surface area contributed by atoms with Crippen LogP contribution < -0.4 is 15.5 Å². The summed E-state index contributed by atoms with van der Waals surface area (Å²) in [6.07, 6.45) is 1.43. The van der Waals surface area contributed by atoms with E-state index in [-0.39, 0.29) is 18.4 Å². The van der Waals surface area contributed by atoms with E-state index in [1.165, 1.54) is 6.21 Å². The maximum Gasteiger partial charge on any atom is 0.262 e. The lowest BCUT2D eigenvalue weighted by Crippen LogP contribution is -2.48. The van der Waals surface area contributed by atoms with Crippen LogP contribution in [0.2, 0.25) is 15.1 Å². The summed E-state index contributed by atoms with van der Waals surface area (Å²) in [6.45, 7) is 3.90. The van der Waals surface area contributed by atoms with Crippen LogP contribution in [0.4, 0.5) is 0 Å². The summed E-state index contributed by atoms with van der Waals surface area (Å²) in [6, 6.07) is 18.1. The van der Waals surface area contributed by atoms with Crippen LogP contribution in [0.15, 0.2) is 71.8 Å². The largest absolute Gasteiger partial charge is 0.488 e. The number of ether oxygens (including phenoxy) is 1. The zero-order valence-corrected chi connectivity index (χ0v) is 21.4. The number of carbonyl (C=O) groups is 2. The van der Waals surface area contributed by atoms with E-state index in [1.807, 2.05) is 32.0 Å². The Morgan fingerprint density at radius 1 is 0.971 bits per heavy atom. The van der Waals surface area contributed by atoms with Crippen LogP contribution in [-0.2, 0) is 11.4 Å². The molecule has 0 aliphatic heterocycles. The van der Waals surface area contributed by atoms with Crippen molar-refractivity contribution in [2.24, 2.45) is 11.0 Å². The van der Waals surface area contributed by atoms with Gasteiger partial charge in [0.05, 0.1) is 6.21 Å². The maximum absolute atomic E-state index is 12.8. The maximum atomic E-state index is 12.8. The highest BCUT2D eigenvalue weighted by atomic mass is 35.5. The number of hydrogen-bond acceptors (Lipinski definition) is 4. The summed E-state index contributed by atoms with van der Waals surface area (Å²) in [5.74, 6) is -0.505. The molecule has 9 heteroatoms. The molecule has 2 N–H and O–H groups in total. The summed E-state index contributed by atoms with van der Waals surface area (Å²) < 4.78 is 5.90. The smallest absolute Gasteiger partial charge is 0.262 e. The third kappa shape index (κ3) is 7.72. The monoisotopic (exact) mass is 531 g/mol. The van der Waals surface area contributed by atoms with Crippen LogP contribution >= 0.6 is 34.8 Å². The molecule has 0 saturated heterocycles. The summed E-state index contributed by atoms with van der Waals surface area (Å²) in [5, 5.41) is 8.40. The van der Waals surface area contributed by atoms with Crippen molar-refractivity contribution in [3.05, 3.63) is 98.5 Å². The number of rotatable bonds is 9. The van der Waals surface area contributed by atoms with E-state index >= 15 is 0 Å². The normalized spacial score (nSPS) is 11.9. The molecule has 1 atom stereocenters. The van der Waals surface area contributed by atoms with Gasteiger partial charge in [0.25, 0.3) is 11.8 Å². The molecule has 35 heavy (non-hydrogen) atoms. The lowest BCUT2D eigenvalue weighted by Gasteiger charge is -2.20. The van der Waals surface area contributed by atoms with Gasteiger partial charge in [0.2, 0.25) is 0 Å². The van der Waals surface area contributed by atoms with Crippen LogP contribution in [0.25, 0.3) is 0 Å². The summed E-state index contributed by atoms with van der Waals surface area (Å²) in [5.41, 5.74) is 4.28. The van der Waals surface area contributed by atoms with Crippen LogP contribution in [0.1, 0.15) is 35.3 Å². The first-order valence-electron chi connectivity index (χ1n) is 10.8. The average Bonchev–Trinajstić information content (AvgIpc) is 2.83. The molecule has 0 radical (unpaired) electrons. The molecule has 3 aromatic carbocycles. The van der Waals surface area contributed by atoms with Gasteiger partial charge >= 0.3 is 0 Å². The number of hydrazone groups is 1. The molecule has 0 saturated carbocycles. The predicted octanol–water partition coefficient (Wildman–Crippen LogP) is 6.13. The zero-order valence-electron chi connectivity index (χ0n) is 19.1. The molecule has 2 amide bonds. The summed E-state index contributed by atoms with van der Waals surface area (Å²) >= 11 is 18.2. The van der Waals surface area contributed by atoms with Crippen LogP contribution in [0, 0.1) is 5.92 Å². The average molecular weight is 533 g/mol. The first-order chi connectivity index (χ1) is 16.7. The predicted molar refractivity (Wildman–Crippen MR) is 141 cm³/mol. The number of nitrogens with zero attached hydrogens (tertiary/aromatic N) is 1. The molecule has 0 aliphatic carbocycles. The van der Waals surface area contributed by atoms with Gasteiger partial charge in [-0.3, -0.25) is 9.59 Å². The molecule has 0 fully saturated rings. The molecular weight excluding hydrogens is 509 g/mol. The van der Waals surface area contributed by atoms with E-state index in [0.29, 0.717) is 31.9 Å². The van der Waals surface area contributed by atoms with Crippen LogP contribution in [-0.4, -0.2) is 24.1 Å². The van der Waals surface area contributed by atoms with E-state index < -0.39 is 11.9 Å².